The van der Waals surface area contributed by atoms with Gasteiger partial charge >= 0.3 is 6.18 Å². The number of halogens is 3. The van der Waals surface area contributed by atoms with E-state index in [1.807, 2.05) is 13.8 Å². The van der Waals surface area contributed by atoms with E-state index in [0.29, 0.717) is 5.56 Å². The lowest BCUT2D eigenvalue weighted by Gasteiger charge is -2.13. The van der Waals surface area contributed by atoms with Crippen molar-refractivity contribution < 1.29 is 23.1 Å². The minimum atomic E-state index is -4.46. The SMILES string of the molecule is CC.CC(=O)c1ccc(O)c(-c2ccc(C)c(C(F)(F)F)c2)c1. The molecule has 124 valence electrons. The van der Waals surface area contributed by atoms with E-state index in [2.05, 4.69) is 0 Å². The molecule has 0 heterocycles. The van der Waals surface area contributed by atoms with Gasteiger partial charge in [0.1, 0.15) is 5.75 Å². The van der Waals surface area contributed by atoms with E-state index in [1.165, 1.54) is 44.2 Å². The quantitative estimate of drug-likeness (QED) is 0.728. The van der Waals surface area contributed by atoms with E-state index >= 15 is 0 Å². The van der Waals surface area contributed by atoms with Gasteiger partial charge in [-0.15, -0.1) is 0 Å². The Labute approximate surface area is 133 Å². The minimum absolute atomic E-state index is 0.105. The molecule has 0 aromatic heterocycles. The minimum Gasteiger partial charge on any atom is -0.507 e. The van der Waals surface area contributed by atoms with Crippen LogP contribution in [0.2, 0.25) is 0 Å². The number of carbonyl (C=O) groups excluding carboxylic acids is 1. The van der Waals surface area contributed by atoms with Crippen molar-refractivity contribution in [3.63, 3.8) is 0 Å². The Hall–Kier alpha value is -2.30. The van der Waals surface area contributed by atoms with Crippen LogP contribution in [0.25, 0.3) is 11.1 Å². The van der Waals surface area contributed by atoms with E-state index in [0.717, 1.165) is 6.07 Å². The van der Waals surface area contributed by atoms with Crippen molar-refractivity contribution in [1.29, 1.82) is 0 Å². The predicted molar refractivity (Wildman–Crippen MR) is 84.6 cm³/mol. The number of ketones is 1. The van der Waals surface area contributed by atoms with Gasteiger partial charge < -0.3 is 5.11 Å². The highest BCUT2D eigenvalue weighted by Gasteiger charge is 2.32. The summed E-state index contributed by atoms with van der Waals surface area (Å²) in [5, 5.41) is 9.84. The lowest BCUT2D eigenvalue weighted by atomic mass is 9.96. The highest BCUT2D eigenvalue weighted by atomic mass is 19.4. The lowest BCUT2D eigenvalue weighted by Crippen LogP contribution is -2.07. The molecule has 0 fully saturated rings. The van der Waals surface area contributed by atoms with Crippen LogP contribution in [0.15, 0.2) is 36.4 Å². The van der Waals surface area contributed by atoms with Crippen molar-refractivity contribution in [2.45, 2.75) is 33.9 Å². The monoisotopic (exact) mass is 324 g/mol. The molecule has 2 aromatic carbocycles. The van der Waals surface area contributed by atoms with Crippen LogP contribution in [0.3, 0.4) is 0 Å². The zero-order valence-corrected chi connectivity index (χ0v) is 13.5. The van der Waals surface area contributed by atoms with E-state index < -0.39 is 11.7 Å². The van der Waals surface area contributed by atoms with Gasteiger partial charge in [-0.05, 0) is 49.2 Å². The lowest BCUT2D eigenvalue weighted by molar-refractivity contribution is -0.138. The largest absolute Gasteiger partial charge is 0.507 e. The summed E-state index contributed by atoms with van der Waals surface area (Å²) in [6, 6.07) is 7.94. The zero-order valence-electron chi connectivity index (χ0n) is 13.5. The van der Waals surface area contributed by atoms with Gasteiger partial charge in [0.25, 0.3) is 0 Å². The normalized spacial score (nSPS) is 10.7. The molecule has 0 aliphatic rings. The van der Waals surface area contributed by atoms with Gasteiger partial charge in [0, 0.05) is 11.1 Å². The fraction of sp³-hybridized carbons (Fsp3) is 0.278. The molecular weight excluding hydrogens is 305 g/mol. The van der Waals surface area contributed by atoms with E-state index in [9.17, 15) is 23.1 Å². The molecule has 2 nitrogen and oxygen atoms in total. The molecule has 1 N–H and O–H groups in total. The second-order valence-corrected chi connectivity index (χ2v) is 4.82. The Morgan fingerprint density at radius 1 is 1.04 bits per heavy atom. The van der Waals surface area contributed by atoms with Crippen molar-refractivity contribution >= 4 is 5.78 Å². The number of aryl methyl sites for hydroxylation is 1. The second kappa shape index (κ2) is 7.31. The summed E-state index contributed by atoms with van der Waals surface area (Å²) >= 11 is 0. The standard InChI is InChI=1S/C16H13F3O2.C2H6/c1-9-3-4-12(8-14(9)16(17,18)19)13-7-11(10(2)20)5-6-15(13)21;1-2/h3-8,21H,1-2H3;1-2H3. The maximum atomic E-state index is 12.9. The average molecular weight is 324 g/mol. The highest BCUT2D eigenvalue weighted by Crippen LogP contribution is 2.37. The first-order chi connectivity index (χ1) is 10.7. The third-order valence-electron chi connectivity index (χ3n) is 3.26. The maximum Gasteiger partial charge on any atom is 0.416 e. The van der Waals surface area contributed by atoms with Gasteiger partial charge in [0.05, 0.1) is 5.56 Å². The number of aromatic hydroxyl groups is 1. The molecule has 5 heteroatoms. The average Bonchev–Trinajstić information content (AvgIpc) is 2.49. The van der Waals surface area contributed by atoms with Crippen LogP contribution in [-0.2, 0) is 6.18 Å². The Morgan fingerprint density at radius 3 is 2.17 bits per heavy atom. The van der Waals surface area contributed by atoms with Crippen LogP contribution < -0.4 is 0 Å². The smallest absolute Gasteiger partial charge is 0.416 e. The molecule has 2 rings (SSSR count). The Morgan fingerprint density at radius 2 is 1.65 bits per heavy atom. The third kappa shape index (κ3) is 4.34. The Bertz CT molecular complexity index is 704. The molecule has 0 bridgehead atoms. The van der Waals surface area contributed by atoms with Crippen molar-refractivity contribution in [2.24, 2.45) is 0 Å². The molecule has 0 aliphatic heterocycles. The van der Waals surface area contributed by atoms with Gasteiger partial charge in [0.2, 0.25) is 0 Å². The van der Waals surface area contributed by atoms with Gasteiger partial charge in [0.15, 0.2) is 5.78 Å². The Balaban J connectivity index is 0.00000127. The molecule has 23 heavy (non-hydrogen) atoms. The van der Waals surface area contributed by atoms with E-state index in [-0.39, 0.29) is 28.2 Å². The number of carbonyl (C=O) groups is 1. The summed E-state index contributed by atoms with van der Waals surface area (Å²) in [5.41, 5.74) is 0.0970. The third-order valence-corrected chi connectivity index (χ3v) is 3.26. The number of rotatable bonds is 2. The number of hydrogen-bond donors (Lipinski definition) is 1. The molecule has 0 amide bonds. The summed E-state index contributed by atoms with van der Waals surface area (Å²) in [5.74, 6) is -0.392. The molecule has 0 saturated heterocycles. The van der Waals surface area contributed by atoms with Gasteiger partial charge in [-0.3, -0.25) is 4.79 Å². The van der Waals surface area contributed by atoms with Crippen LogP contribution >= 0.6 is 0 Å². The number of benzene rings is 2. The van der Waals surface area contributed by atoms with Crippen LogP contribution in [0.1, 0.15) is 42.3 Å². The van der Waals surface area contributed by atoms with Gasteiger partial charge in [-0.1, -0.05) is 26.0 Å². The number of Topliss-reactive ketones (excluding diaryl/α,β-unsaturated/α-hetero) is 1. The van der Waals surface area contributed by atoms with E-state index in [4.69, 9.17) is 0 Å². The molecule has 0 radical (unpaired) electrons. The van der Waals surface area contributed by atoms with Crippen LogP contribution in [-0.4, -0.2) is 10.9 Å². The highest BCUT2D eigenvalue weighted by molar-refractivity contribution is 5.96. The first-order valence-electron chi connectivity index (χ1n) is 7.22. The van der Waals surface area contributed by atoms with Gasteiger partial charge in [-0.25, -0.2) is 0 Å². The van der Waals surface area contributed by atoms with Crippen LogP contribution in [0.5, 0.6) is 5.75 Å². The second-order valence-electron chi connectivity index (χ2n) is 4.82. The van der Waals surface area contributed by atoms with E-state index in [1.54, 1.807) is 0 Å². The fourth-order valence-electron chi connectivity index (χ4n) is 2.08. The molecule has 2 aromatic rings. The summed E-state index contributed by atoms with van der Waals surface area (Å²) in [7, 11) is 0. The maximum absolute atomic E-state index is 12.9. The predicted octanol–water partition coefficient (Wildman–Crippen LogP) is 5.62. The van der Waals surface area contributed by atoms with Crippen LogP contribution in [0, 0.1) is 6.92 Å². The number of alkyl halides is 3. The Kier molecular flexibility index (Phi) is 5.96. The van der Waals surface area contributed by atoms with Crippen LogP contribution in [0.4, 0.5) is 13.2 Å². The van der Waals surface area contributed by atoms with Gasteiger partial charge in [-0.2, -0.15) is 13.2 Å². The zero-order chi connectivity index (χ0) is 17.8. The van der Waals surface area contributed by atoms with Crippen molar-refractivity contribution in [3.8, 4) is 16.9 Å². The first-order valence-corrected chi connectivity index (χ1v) is 7.22. The fourth-order valence-corrected chi connectivity index (χ4v) is 2.08. The summed E-state index contributed by atoms with van der Waals surface area (Å²) in [4.78, 5) is 11.4. The number of phenols is 1. The van der Waals surface area contributed by atoms with Crippen molar-refractivity contribution in [3.05, 3.63) is 53.1 Å². The van der Waals surface area contributed by atoms with Crippen molar-refractivity contribution in [1.82, 2.24) is 0 Å². The summed E-state index contributed by atoms with van der Waals surface area (Å²) in [6.07, 6.45) is -4.46. The van der Waals surface area contributed by atoms with Crippen molar-refractivity contribution in [2.75, 3.05) is 0 Å². The first kappa shape index (κ1) is 18.7. The molecular formula is C18H19F3O2. The molecule has 0 aliphatic carbocycles. The topological polar surface area (TPSA) is 37.3 Å². The molecule has 0 spiro atoms. The summed E-state index contributed by atoms with van der Waals surface area (Å²) < 4.78 is 38.8. The number of phenolic OH excluding ortho intramolecular Hbond substituents is 1. The molecule has 0 saturated carbocycles. The summed E-state index contributed by atoms with van der Waals surface area (Å²) in [6.45, 7) is 6.73. The molecule has 0 atom stereocenters. The number of hydrogen-bond acceptors (Lipinski definition) is 2. The molecule has 0 unspecified atom stereocenters.